The quantitative estimate of drug-likeness (QED) is 0.913. The maximum atomic E-state index is 12.9. The number of nitrogens with zero attached hydrogens (tertiary/aromatic N) is 1. The molecule has 3 rings (SSSR count). The summed E-state index contributed by atoms with van der Waals surface area (Å²) >= 11 is 0. The highest BCUT2D eigenvalue weighted by Crippen LogP contribution is 2.33. The van der Waals surface area contributed by atoms with Crippen LogP contribution >= 0.6 is 0 Å². The molecule has 21 heavy (non-hydrogen) atoms. The lowest BCUT2D eigenvalue weighted by atomic mass is 10.1. The molecule has 0 aliphatic carbocycles. The van der Waals surface area contributed by atoms with Crippen LogP contribution in [-0.2, 0) is 10.0 Å². The Morgan fingerprint density at radius 2 is 2.19 bits per heavy atom. The fourth-order valence-electron chi connectivity index (χ4n) is 3.34. The Labute approximate surface area is 126 Å². The van der Waals surface area contributed by atoms with Crippen molar-refractivity contribution >= 4 is 10.0 Å². The number of fused-ring (bicyclic) bond motifs is 1. The fraction of sp³-hybridized carbons (Fsp3) is 0.600. The molecular weight excluding hydrogens is 288 g/mol. The number of hydrogen-bond acceptors (Lipinski definition) is 4. The number of hydrogen-bond donors (Lipinski definition) is 1. The van der Waals surface area contributed by atoms with Crippen LogP contribution in [0.25, 0.3) is 0 Å². The van der Waals surface area contributed by atoms with Crippen molar-refractivity contribution in [3.63, 3.8) is 0 Å². The maximum Gasteiger partial charge on any atom is 0.243 e. The predicted molar refractivity (Wildman–Crippen MR) is 81.0 cm³/mol. The second kappa shape index (κ2) is 5.59. The Kier molecular flexibility index (Phi) is 3.94. The number of nitrogens with one attached hydrogen (secondary N) is 1. The predicted octanol–water partition coefficient (Wildman–Crippen LogP) is 1.38. The Morgan fingerprint density at radius 1 is 1.38 bits per heavy atom. The molecule has 6 heteroatoms. The molecule has 0 saturated carbocycles. The van der Waals surface area contributed by atoms with E-state index in [4.69, 9.17) is 4.74 Å². The molecule has 1 aromatic rings. The summed E-state index contributed by atoms with van der Waals surface area (Å²) in [4.78, 5) is 0.371. The van der Waals surface area contributed by atoms with Crippen molar-refractivity contribution in [2.75, 3.05) is 26.2 Å². The van der Waals surface area contributed by atoms with Gasteiger partial charge in [0.1, 0.15) is 5.75 Å². The van der Waals surface area contributed by atoms with E-state index in [-0.39, 0.29) is 6.04 Å². The third-order valence-electron chi connectivity index (χ3n) is 4.45. The molecule has 0 bridgehead atoms. The fourth-order valence-corrected chi connectivity index (χ4v) is 5.13. The number of rotatable bonds is 4. The van der Waals surface area contributed by atoms with E-state index in [1.807, 2.05) is 13.8 Å². The van der Waals surface area contributed by atoms with E-state index >= 15 is 0 Å². The van der Waals surface area contributed by atoms with Gasteiger partial charge in [0.05, 0.1) is 11.5 Å². The summed E-state index contributed by atoms with van der Waals surface area (Å²) in [7, 11) is -3.41. The van der Waals surface area contributed by atoms with E-state index in [0.29, 0.717) is 24.0 Å². The van der Waals surface area contributed by atoms with E-state index in [1.165, 1.54) is 0 Å². The summed E-state index contributed by atoms with van der Waals surface area (Å²) < 4.78 is 32.9. The first-order valence-corrected chi connectivity index (χ1v) is 8.94. The van der Waals surface area contributed by atoms with Crippen molar-refractivity contribution in [3.8, 4) is 5.75 Å². The van der Waals surface area contributed by atoms with Crippen molar-refractivity contribution in [2.45, 2.75) is 31.2 Å². The van der Waals surface area contributed by atoms with Crippen molar-refractivity contribution in [3.05, 3.63) is 23.8 Å². The lowest BCUT2D eigenvalue weighted by Gasteiger charge is -2.23. The Balaban J connectivity index is 1.90. The molecule has 2 atom stereocenters. The molecule has 116 valence electrons. The summed E-state index contributed by atoms with van der Waals surface area (Å²) in [5.41, 5.74) is 0.859. The van der Waals surface area contributed by atoms with Gasteiger partial charge < -0.3 is 10.1 Å². The smallest absolute Gasteiger partial charge is 0.243 e. The molecule has 0 aromatic heterocycles. The monoisotopic (exact) mass is 310 g/mol. The standard InChI is InChI=1S/C15H22N2O3S/c1-3-20-15-5-4-13(8-11(15)2)21(18,19)17-7-6-12-9-16-10-14(12)17/h4-5,8,12,14,16H,3,6-7,9-10H2,1-2H3/t12-,14+/m0/s1. The topological polar surface area (TPSA) is 58.6 Å². The number of benzene rings is 1. The van der Waals surface area contributed by atoms with E-state index in [9.17, 15) is 8.42 Å². The molecule has 2 saturated heterocycles. The average Bonchev–Trinajstić information content (AvgIpc) is 3.03. The van der Waals surface area contributed by atoms with Crippen LogP contribution in [0.3, 0.4) is 0 Å². The molecule has 2 aliphatic rings. The largest absolute Gasteiger partial charge is 0.494 e. The molecule has 5 nitrogen and oxygen atoms in total. The molecular formula is C15H22N2O3S. The molecule has 2 aliphatic heterocycles. The van der Waals surface area contributed by atoms with Crippen LogP contribution in [0, 0.1) is 12.8 Å². The molecule has 0 radical (unpaired) electrons. The maximum absolute atomic E-state index is 12.9. The SMILES string of the molecule is CCOc1ccc(S(=O)(=O)N2CC[C@H]3CNC[C@H]32)cc1C. The second-order valence-corrected chi connectivity index (χ2v) is 7.64. The summed E-state index contributed by atoms with van der Waals surface area (Å²) in [5, 5.41) is 3.29. The van der Waals surface area contributed by atoms with Gasteiger partial charge in [0.25, 0.3) is 0 Å². The molecule has 1 aromatic carbocycles. The average molecular weight is 310 g/mol. The second-order valence-electron chi connectivity index (χ2n) is 5.75. The molecule has 0 amide bonds. The van der Waals surface area contributed by atoms with Gasteiger partial charge in [-0.3, -0.25) is 0 Å². The summed E-state index contributed by atoms with van der Waals surface area (Å²) in [6.07, 6.45) is 0.951. The molecule has 2 fully saturated rings. The number of ether oxygens (including phenoxy) is 1. The van der Waals surface area contributed by atoms with Gasteiger partial charge in [0.2, 0.25) is 10.0 Å². The van der Waals surface area contributed by atoms with Gasteiger partial charge in [0.15, 0.2) is 0 Å². The van der Waals surface area contributed by atoms with Gasteiger partial charge in [-0.05, 0) is 56.5 Å². The first kappa shape index (κ1) is 14.8. The van der Waals surface area contributed by atoms with Crippen LogP contribution in [0.1, 0.15) is 18.9 Å². The Bertz CT molecular complexity index is 630. The highest BCUT2D eigenvalue weighted by Gasteiger charge is 2.43. The minimum atomic E-state index is -3.41. The van der Waals surface area contributed by atoms with Gasteiger partial charge in [-0.25, -0.2) is 8.42 Å². The lowest BCUT2D eigenvalue weighted by Crippen LogP contribution is -2.39. The number of sulfonamides is 1. The van der Waals surface area contributed by atoms with E-state index in [2.05, 4.69) is 5.32 Å². The van der Waals surface area contributed by atoms with Crippen LogP contribution in [0.4, 0.5) is 0 Å². The van der Waals surface area contributed by atoms with Crippen molar-refractivity contribution in [1.82, 2.24) is 9.62 Å². The minimum absolute atomic E-state index is 0.113. The van der Waals surface area contributed by atoms with Crippen LogP contribution in [0.5, 0.6) is 5.75 Å². The molecule has 1 N–H and O–H groups in total. The zero-order valence-corrected chi connectivity index (χ0v) is 13.3. The van der Waals surface area contributed by atoms with Gasteiger partial charge in [-0.2, -0.15) is 4.31 Å². The third kappa shape index (κ3) is 2.56. The van der Waals surface area contributed by atoms with Crippen molar-refractivity contribution < 1.29 is 13.2 Å². The third-order valence-corrected chi connectivity index (χ3v) is 6.37. The van der Waals surface area contributed by atoms with Gasteiger partial charge >= 0.3 is 0 Å². The zero-order valence-electron chi connectivity index (χ0n) is 12.5. The lowest BCUT2D eigenvalue weighted by molar-refractivity contribution is 0.337. The first-order chi connectivity index (χ1) is 10.0. The summed E-state index contributed by atoms with van der Waals surface area (Å²) in [6.45, 7) is 6.70. The van der Waals surface area contributed by atoms with Crippen LogP contribution < -0.4 is 10.1 Å². The van der Waals surface area contributed by atoms with Crippen LogP contribution in [-0.4, -0.2) is 45.0 Å². The summed E-state index contributed by atoms with van der Waals surface area (Å²) in [6, 6.07) is 5.24. The van der Waals surface area contributed by atoms with E-state index in [1.54, 1.807) is 22.5 Å². The minimum Gasteiger partial charge on any atom is -0.494 e. The first-order valence-electron chi connectivity index (χ1n) is 7.50. The molecule has 0 unspecified atom stereocenters. The van der Waals surface area contributed by atoms with Crippen molar-refractivity contribution in [1.29, 1.82) is 0 Å². The zero-order chi connectivity index (χ0) is 15.0. The normalized spacial score (nSPS) is 26.0. The Hall–Kier alpha value is -1.11. The van der Waals surface area contributed by atoms with E-state index < -0.39 is 10.0 Å². The molecule has 2 heterocycles. The van der Waals surface area contributed by atoms with Gasteiger partial charge in [-0.1, -0.05) is 0 Å². The highest BCUT2D eigenvalue weighted by atomic mass is 32.2. The highest BCUT2D eigenvalue weighted by molar-refractivity contribution is 7.89. The Morgan fingerprint density at radius 3 is 2.90 bits per heavy atom. The van der Waals surface area contributed by atoms with Gasteiger partial charge in [-0.15, -0.1) is 0 Å². The molecule has 0 spiro atoms. The van der Waals surface area contributed by atoms with E-state index in [0.717, 1.165) is 30.8 Å². The van der Waals surface area contributed by atoms with Crippen LogP contribution in [0.2, 0.25) is 0 Å². The number of aryl methyl sites for hydroxylation is 1. The van der Waals surface area contributed by atoms with Gasteiger partial charge in [0, 0.05) is 19.1 Å². The van der Waals surface area contributed by atoms with Crippen molar-refractivity contribution in [2.24, 2.45) is 5.92 Å². The van der Waals surface area contributed by atoms with Crippen LogP contribution in [0.15, 0.2) is 23.1 Å². The summed E-state index contributed by atoms with van der Waals surface area (Å²) in [5.74, 6) is 1.21.